The Morgan fingerprint density at radius 1 is 1.18 bits per heavy atom. The van der Waals surface area contributed by atoms with Gasteiger partial charge in [0.25, 0.3) is 0 Å². The third-order valence-electron chi connectivity index (χ3n) is 2.35. The van der Waals surface area contributed by atoms with E-state index in [2.05, 4.69) is 0 Å². The van der Waals surface area contributed by atoms with E-state index in [1.165, 1.54) is 11.6 Å². The molecule has 1 aromatic carbocycles. The average molecular weight is 228 g/mol. The molecule has 0 radical (unpaired) electrons. The Balaban J connectivity index is 2.23. The van der Waals surface area contributed by atoms with Gasteiger partial charge in [0.2, 0.25) is 5.43 Å². The summed E-state index contributed by atoms with van der Waals surface area (Å²) in [5.41, 5.74) is 1.77. The number of hydrogen-bond donors (Lipinski definition) is 1. The summed E-state index contributed by atoms with van der Waals surface area (Å²) in [6, 6.07) is 9.22. The highest BCUT2D eigenvalue weighted by atomic mass is 16.3. The zero-order valence-corrected chi connectivity index (χ0v) is 9.38. The van der Waals surface area contributed by atoms with Crippen molar-refractivity contribution >= 4 is 12.2 Å². The van der Waals surface area contributed by atoms with Crippen molar-refractivity contribution in [1.82, 2.24) is 0 Å². The van der Waals surface area contributed by atoms with Crippen LogP contribution in [0.4, 0.5) is 0 Å². The van der Waals surface area contributed by atoms with Gasteiger partial charge in [0, 0.05) is 6.07 Å². The van der Waals surface area contributed by atoms with E-state index in [1.807, 2.05) is 37.3 Å². The Morgan fingerprint density at radius 2 is 1.88 bits per heavy atom. The van der Waals surface area contributed by atoms with Crippen molar-refractivity contribution in [3.63, 3.8) is 0 Å². The molecule has 1 aromatic heterocycles. The molecular formula is C14H12O3. The first-order valence-electron chi connectivity index (χ1n) is 5.22. The lowest BCUT2D eigenvalue weighted by Gasteiger charge is -1.95. The zero-order chi connectivity index (χ0) is 12.3. The molecule has 1 N–H and O–H groups in total. The Labute approximate surface area is 98.7 Å². The molecule has 17 heavy (non-hydrogen) atoms. The molecule has 0 saturated carbocycles. The Morgan fingerprint density at radius 3 is 2.53 bits per heavy atom. The van der Waals surface area contributed by atoms with Crippen LogP contribution >= 0.6 is 0 Å². The van der Waals surface area contributed by atoms with Gasteiger partial charge in [-0.05, 0) is 18.6 Å². The molecule has 1 heterocycles. The fourth-order valence-corrected chi connectivity index (χ4v) is 1.36. The Hall–Kier alpha value is -2.29. The third-order valence-corrected chi connectivity index (χ3v) is 2.35. The monoisotopic (exact) mass is 228 g/mol. The summed E-state index contributed by atoms with van der Waals surface area (Å²) in [5, 5.41) is 9.03. The van der Waals surface area contributed by atoms with Gasteiger partial charge in [0.15, 0.2) is 5.75 Å². The van der Waals surface area contributed by atoms with Gasteiger partial charge in [-0.3, -0.25) is 4.79 Å². The van der Waals surface area contributed by atoms with Crippen LogP contribution in [-0.2, 0) is 0 Å². The van der Waals surface area contributed by atoms with Crippen LogP contribution in [0.15, 0.2) is 45.8 Å². The predicted molar refractivity (Wildman–Crippen MR) is 66.7 cm³/mol. The molecule has 3 nitrogen and oxygen atoms in total. The minimum atomic E-state index is -0.445. The molecule has 0 atom stereocenters. The number of rotatable bonds is 2. The van der Waals surface area contributed by atoms with Crippen molar-refractivity contribution in [1.29, 1.82) is 0 Å². The normalized spacial score (nSPS) is 10.9. The standard InChI is InChI=1S/C14H12O3/c1-10-2-4-11(5-3-10)6-7-12-8-13(15)14(16)9-17-12/h2-9,16H,1H3/b7-6-. The molecule has 0 aliphatic rings. The molecule has 0 aliphatic heterocycles. The fourth-order valence-electron chi connectivity index (χ4n) is 1.36. The summed E-state index contributed by atoms with van der Waals surface area (Å²) in [6.45, 7) is 2.02. The van der Waals surface area contributed by atoms with Crippen molar-refractivity contribution in [2.24, 2.45) is 0 Å². The van der Waals surface area contributed by atoms with Crippen LogP contribution in [0.3, 0.4) is 0 Å². The molecule has 86 valence electrons. The highest BCUT2D eigenvalue weighted by molar-refractivity contribution is 5.67. The smallest absolute Gasteiger partial charge is 0.227 e. The van der Waals surface area contributed by atoms with Crippen molar-refractivity contribution in [3.05, 3.63) is 63.7 Å². The molecule has 0 bridgehead atoms. The van der Waals surface area contributed by atoms with Crippen molar-refractivity contribution in [2.75, 3.05) is 0 Å². The number of aryl methyl sites for hydroxylation is 1. The van der Waals surface area contributed by atoms with E-state index in [-0.39, 0.29) is 5.75 Å². The lowest BCUT2D eigenvalue weighted by molar-refractivity contribution is 0.427. The van der Waals surface area contributed by atoms with E-state index in [1.54, 1.807) is 6.08 Å². The lowest BCUT2D eigenvalue weighted by atomic mass is 10.1. The first-order valence-corrected chi connectivity index (χ1v) is 5.22. The quantitative estimate of drug-likeness (QED) is 0.859. The van der Waals surface area contributed by atoms with E-state index >= 15 is 0 Å². The molecule has 0 saturated heterocycles. The fraction of sp³-hybridized carbons (Fsp3) is 0.0714. The van der Waals surface area contributed by atoms with E-state index < -0.39 is 5.43 Å². The van der Waals surface area contributed by atoms with Crippen LogP contribution in [-0.4, -0.2) is 5.11 Å². The van der Waals surface area contributed by atoms with E-state index in [0.29, 0.717) is 5.76 Å². The summed E-state index contributed by atoms with van der Waals surface area (Å²) in [5.74, 6) is 0.0332. The van der Waals surface area contributed by atoms with Crippen molar-refractivity contribution in [3.8, 4) is 5.75 Å². The third kappa shape index (κ3) is 2.84. The largest absolute Gasteiger partial charge is 0.502 e. The topological polar surface area (TPSA) is 50.4 Å². The molecule has 0 aliphatic carbocycles. The van der Waals surface area contributed by atoms with E-state index in [4.69, 9.17) is 9.52 Å². The van der Waals surface area contributed by atoms with Crippen LogP contribution < -0.4 is 5.43 Å². The molecule has 0 amide bonds. The van der Waals surface area contributed by atoms with Gasteiger partial charge in [0.05, 0.1) is 0 Å². The highest BCUT2D eigenvalue weighted by Gasteiger charge is 1.97. The van der Waals surface area contributed by atoms with Gasteiger partial charge >= 0.3 is 0 Å². The van der Waals surface area contributed by atoms with Crippen molar-refractivity contribution in [2.45, 2.75) is 6.92 Å². The minimum Gasteiger partial charge on any atom is -0.502 e. The summed E-state index contributed by atoms with van der Waals surface area (Å²) in [7, 11) is 0. The molecule has 0 fully saturated rings. The first kappa shape index (κ1) is 11.2. The van der Waals surface area contributed by atoms with Crippen LogP contribution in [0, 0.1) is 6.92 Å². The summed E-state index contributed by atoms with van der Waals surface area (Å²) in [6.07, 6.45) is 4.57. The summed E-state index contributed by atoms with van der Waals surface area (Å²) >= 11 is 0. The maximum absolute atomic E-state index is 11.2. The lowest BCUT2D eigenvalue weighted by Crippen LogP contribution is -1.97. The number of hydrogen-bond acceptors (Lipinski definition) is 3. The van der Waals surface area contributed by atoms with Crippen LogP contribution in [0.5, 0.6) is 5.75 Å². The maximum atomic E-state index is 11.2. The summed E-state index contributed by atoms with van der Waals surface area (Å²) < 4.78 is 5.05. The average Bonchev–Trinajstić information content (AvgIpc) is 2.33. The molecule has 3 heteroatoms. The number of aromatic hydroxyl groups is 1. The Bertz CT molecular complexity index is 592. The van der Waals surface area contributed by atoms with E-state index in [9.17, 15) is 4.79 Å². The second-order valence-corrected chi connectivity index (χ2v) is 3.78. The minimum absolute atomic E-state index is 0.377. The van der Waals surface area contributed by atoms with Gasteiger partial charge in [-0.1, -0.05) is 35.9 Å². The molecule has 0 spiro atoms. The highest BCUT2D eigenvalue weighted by Crippen LogP contribution is 2.10. The van der Waals surface area contributed by atoms with Crippen LogP contribution in [0.1, 0.15) is 16.9 Å². The van der Waals surface area contributed by atoms with Gasteiger partial charge in [0.1, 0.15) is 12.0 Å². The zero-order valence-electron chi connectivity index (χ0n) is 9.38. The van der Waals surface area contributed by atoms with Gasteiger partial charge in [-0.25, -0.2) is 0 Å². The van der Waals surface area contributed by atoms with Crippen LogP contribution in [0.2, 0.25) is 0 Å². The molecule has 2 rings (SSSR count). The first-order chi connectivity index (χ1) is 8.15. The summed E-state index contributed by atoms with van der Waals surface area (Å²) in [4.78, 5) is 11.2. The van der Waals surface area contributed by atoms with Gasteiger partial charge < -0.3 is 9.52 Å². The number of benzene rings is 1. The van der Waals surface area contributed by atoms with Crippen molar-refractivity contribution < 1.29 is 9.52 Å². The second kappa shape index (κ2) is 4.70. The Kier molecular flexibility index (Phi) is 3.10. The SMILES string of the molecule is Cc1ccc(/C=C\c2cc(=O)c(O)co2)cc1. The van der Waals surface area contributed by atoms with Gasteiger partial charge in [-0.15, -0.1) is 0 Å². The molecule has 0 unspecified atom stereocenters. The van der Waals surface area contributed by atoms with Gasteiger partial charge in [-0.2, -0.15) is 0 Å². The maximum Gasteiger partial charge on any atom is 0.227 e. The second-order valence-electron chi connectivity index (χ2n) is 3.78. The molecule has 2 aromatic rings. The predicted octanol–water partition coefficient (Wildman–Crippen LogP) is 2.82. The molecular weight excluding hydrogens is 216 g/mol. The van der Waals surface area contributed by atoms with Crippen LogP contribution in [0.25, 0.3) is 12.2 Å². The van der Waals surface area contributed by atoms with E-state index in [0.717, 1.165) is 11.8 Å².